The summed E-state index contributed by atoms with van der Waals surface area (Å²) in [5.74, 6) is 0.223. The largest absolute Gasteiger partial charge is 0.508 e. The highest BCUT2D eigenvalue weighted by atomic mass is 16.3. The molecular formula is C15H17N3O2. The molecule has 104 valence electrons. The maximum absolute atomic E-state index is 12.3. The standard InChI is InChI=1S/C15H17N3O2/c1-10-6-13(19)2-3-14(10)17-15(20)11-4-5-18-9-16-8-12(18)7-11/h2-3,6,8-9,11,19H,4-5,7H2,1H3,(H,17,20). The number of rotatable bonds is 2. The Kier molecular flexibility index (Phi) is 3.18. The second-order valence-electron chi connectivity index (χ2n) is 5.26. The van der Waals surface area contributed by atoms with Gasteiger partial charge in [0.1, 0.15) is 5.75 Å². The number of aryl methyl sites for hydroxylation is 2. The van der Waals surface area contributed by atoms with Gasteiger partial charge in [-0.3, -0.25) is 4.79 Å². The summed E-state index contributed by atoms with van der Waals surface area (Å²) < 4.78 is 2.09. The lowest BCUT2D eigenvalue weighted by Gasteiger charge is -2.23. The number of phenolic OH excluding ortho intramolecular Hbond substituents is 1. The van der Waals surface area contributed by atoms with Crippen molar-refractivity contribution in [3.63, 3.8) is 0 Å². The highest BCUT2D eigenvalue weighted by Crippen LogP contribution is 2.24. The van der Waals surface area contributed by atoms with Crippen molar-refractivity contribution in [2.24, 2.45) is 5.92 Å². The van der Waals surface area contributed by atoms with Crippen LogP contribution in [0.3, 0.4) is 0 Å². The fraction of sp³-hybridized carbons (Fsp3) is 0.333. The van der Waals surface area contributed by atoms with Gasteiger partial charge in [0.15, 0.2) is 0 Å². The van der Waals surface area contributed by atoms with Crippen LogP contribution in [0.1, 0.15) is 17.7 Å². The van der Waals surface area contributed by atoms with E-state index >= 15 is 0 Å². The minimum atomic E-state index is -0.0209. The molecule has 20 heavy (non-hydrogen) atoms. The molecule has 1 unspecified atom stereocenters. The number of hydrogen-bond acceptors (Lipinski definition) is 3. The summed E-state index contributed by atoms with van der Waals surface area (Å²) in [6.07, 6.45) is 5.19. The van der Waals surface area contributed by atoms with Crippen molar-refractivity contribution >= 4 is 11.6 Å². The number of carbonyl (C=O) groups excluding carboxylic acids is 1. The van der Waals surface area contributed by atoms with Gasteiger partial charge in [-0.15, -0.1) is 0 Å². The first-order valence-corrected chi connectivity index (χ1v) is 6.73. The van der Waals surface area contributed by atoms with Crippen molar-refractivity contribution in [2.45, 2.75) is 26.3 Å². The maximum Gasteiger partial charge on any atom is 0.227 e. The highest BCUT2D eigenvalue weighted by molar-refractivity contribution is 5.93. The number of aromatic hydroxyl groups is 1. The van der Waals surface area contributed by atoms with E-state index in [1.165, 1.54) is 0 Å². The molecule has 0 saturated heterocycles. The van der Waals surface area contributed by atoms with Crippen LogP contribution in [0.25, 0.3) is 0 Å². The molecule has 1 aliphatic heterocycles. The lowest BCUT2D eigenvalue weighted by molar-refractivity contribution is -0.120. The molecule has 5 heteroatoms. The minimum absolute atomic E-state index is 0.0209. The number of nitrogens with zero attached hydrogens (tertiary/aromatic N) is 2. The van der Waals surface area contributed by atoms with E-state index in [4.69, 9.17) is 0 Å². The average Bonchev–Trinajstić information content (AvgIpc) is 2.89. The van der Waals surface area contributed by atoms with Gasteiger partial charge in [0, 0.05) is 36.5 Å². The third-order valence-electron chi connectivity index (χ3n) is 3.81. The number of aromatic nitrogens is 2. The van der Waals surface area contributed by atoms with Crippen LogP contribution in [0.15, 0.2) is 30.7 Å². The van der Waals surface area contributed by atoms with Gasteiger partial charge in [0.25, 0.3) is 0 Å². The fourth-order valence-corrected chi connectivity index (χ4v) is 2.62. The summed E-state index contributed by atoms with van der Waals surface area (Å²) in [4.78, 5) is 16.4. The maximum atomic E-state index is 12.3. The predicted molar refractivity (Wildman–Crippen MR) is 75.5 cm³/mol. The Balaban J connectivity index is 1.71. The summed E-state index contributed by atoms with van der Waals surface area (Å²) in [5, 5.41) is 12.3. The summed E-state index contributed by atoms with van der Waals surface area (Å²) >= 11 is 0. The van der Waals surface area contributed by atoms with Crippen LogP contribution in [-0.2, 0) is 17.8 Å². The normalized spacial score (nSPS) is 17.6. The molecule has 0 fully saturated rings. The van der Waals surface area contributed by atoms with Crippen molar-refractivity contribution in [1.82, 2.24) is 9.55 Å². The second-order valence-corrected chi connectivity index (χ2v) is 5.26. The average molecular weight is 271 g/mol. The van der Waals surface area contributed by atoms with Crippen LogP contribution in [-0.4, -0.2) is 20.6 Å². The van der Waals surface area contributed by atoms with Gasteiger partial charge >= 0.3 is 0 Å². The Hall–Kier alpha value is -2.30. The third-order valence-corrected chi connectivity index (χ3v) is 3.81. The van der Waals surface area contributed by atoms with E-state index in [-0.39, 0.29) is 17.6 Å². The molecule has 1 aromatic carbocycles. The highest BCUT2D eigenvalue weighted by Gasteiger charge is 2.25. The summed E-state index contributed by atoms with van der Waals surface area (Å²) in [6, 6.07) is 4.96. The SMILES string of the molecule is Cc1cc(O)ccc1NC(=O)C1CCn2cncc2C1. The van der Waals surface area contributed by atoms with Crippen molar-refractivity contribution in [3.8, 4) is 5.75 Å². The zero-order valence-corrected chi connectivity index (χ0v) is 11.3. The van der Waals surface area contributed by atoms with Crippen LogP contribution in [0.5, 0.6) is 5.75 Å². The summed E-state index contributed by atoms with van der Waals surface area (Å²) in [6.45, 7) is 2.70. The Morgan fingerprint density at radius 2 is 2.35 bits per heavy atom. The van der Waals surface area contributed by atoms with Crippen molar-refractivity contribution in [3.05, 3.63) is 42.0 Å². The van der Waals surface area contributed by atoms with Crippen molar-refractivity contribution < 1.29 is 9.90 Å². The molecule has 3 rings (SSSR count). The number of imidazole rings is 1. The molecule has 1 atom stereocenters. The topological polar surface area (TPSA) is 67.2 Å². The number of carbonyl (C=O) groups is 1. The van der Waals surface area contributed by atoms with Crippen LogP contribution in [0.2, 0.25) is 0 Å². The number of nitrogens with one attached hydrogen (secondary N) is 1. The first-order chi connectivity index (χ1) is 9.63. The molecule has 1 aliphatic rings. The Bertz CT molecular complexity index is 648. The second kappa shape index (κ2) is 5.00. The molecular weight excluding hydrogens is 254 g/mol. The number of phenols is 1. The van der Waals surface area contributed by atoms with E-state index in [2.05, 4.69) is 14.9 Å². The molecule has 2 N–H and O–H groups in total. The van der Waals surface area contributed by atoms with E-state index in [1.807, 2.05) is 19.4 Å². The first kappa shape index (κ1) is 12.7. The summed E-state index contributed by atoms with van der Waals surface area (Å²) in [5.41, 5.74) is 2.73. The van der Waals surface area contributed by atoms with Crippen LogP contribution >= 0.6 is 0 Å². The van der Waals surface area contributed by atoms with Gasteiger partial charge in [-0.2, -0.15) is 0 Å². The lowest BCUT2D eigenvalue weighted by Crippen LogP contribution is -2.30. The minimum Gasteiger partial charge on any atom is -0.508 e. The van der Waals surface area contributed by atoms with Gasteiger partial charge in [-0.25, -0.2) is 4.98 Å². The molecule has 0 spiro atoms. The van der Waals surface area contributed by atoms with Crippen LogP contribution < -0.4 is 5.32 Å². The number of hydrogen-bond donors (Lipinski definition) is 2. The van der Waals surface area contributed by atoms with E-state index in [0.29, 0.717) is 0 Å². The van der Waals surface area contributed by atoms with Gasteiger partial charge in [-0.05, 0) is 37.1 Å². The Morgan fingerprint density at radius 1 is 1.50 bits per heavy atom. The fourth-order valence-electron chi connectivity index (χ4n) is 2.62. The molecule has 0 aliphatic carbocycles. The van der Waals surface area contributed by atoms with Crippen LogP contribution in [0.4, 0.5) is 5.69 Å². The first-order valence-electron chi connectivity index (χ1n) is 6.73. The molecule has 0 saturated carbocycles. The number of benzene rings is 1. The molecule has 1 aromatic heterocycles. The van der Waals surface area contributed by atoms with Gasteiger partial charge in [0.2, 0.25) is 5.91 Å². The number of fused-ring (bicyclic) bond motifs is 1. The van der Waals surface area contributed by atoms with Crippen LogP contribution in [0, 0.1) is 12.8 Å². The van der Waals surface area contributed by atoms with Crippen molar-refractivity contribution in [2.75, 3.05) is 5.32 Å². The Labute approximate surface area is 117 Å². The van der Waals surface area contributed by atoms with E-state index in [1.54, 1.807) is 18.2 Å². The molecule has 0 bridgehead atoms. The summed E-state index contributed by atoms with van der Waals surface area (Å²) in [7, 11) is 0. The molecule has 1 amide bonds. The van der Waals surface area contributed by atoms with E-state index in [0.717, 1.165) is 36.3 Å². The van der Waals surface area contributed by atoms with Gasteiger partial charge in [0.05, 0.1) is 6.33 Å². The zero-order valence-electron chi connectivity index (χ0n) is 11.3. The monoisotopic (exact) mass is 271 g/mol. The molecule has 5 nitrogen and oxygen atoms in total. The molecule has 0 radical (unpaired) electrons. The smallest absolute Gasteiger partial charge is 0.227 e. The molecule has 2 heterocycles. The third kappa shape index (κ3) is 2.39. The predicted octanol–water partition coefficient (Wildman–Crippen LogP) is 2.10. The van der Waals surface area contributed by atoms with Gasteiger partial charge in [-0.1, -0.05) is 0 Å². The van der Waals surface area contributed by atoms with Crippen molar-refractivity contribution in [1.29, 1.82) is 0 Å². The molecule has 2 aromatic rings. The quantitative estimate of drug-likeness (QED) is 0.822. The number of amides is 1. The van der Waals surface area contributed by atoms with Gasteiger partial charge < -0.3 is 15.0 Å². The Morgan fingerprint density at radius 3 is 3.15 bits per heavy atom. The van der Waals surface area contributed by atoms with E-state index in [9.17, 15) is 9.90 Å². The lowest BCUT2D eigenvalue weighted by atomic mass is 9.95. The zero-order chi connectivity index (χ0) is 14.1. The van der Waals surface area contributed by atoms with E-state index < -0.39 is 0 Å². The number of anilines is 1.